The molecule has 1 atom stereocenters. The number of nitrogens with zero attached hydrogens (tertiary/aromatic N) is 3. The van der Waals surface area contributed by atoms with Crippen LogP contribution in [0.15, 0.2) is 12.1 Å². The first kappa shape index (κ1) is 27.2. The first-order valence-electron chi connectivity index (χ1n) is 13.7. The summed E-state index contributed by atoms with van der Waals surface area (Å²) < 4.78 is 16.3. The molecule has 0 N–H and O–H groups in total. The van der Waals surface area contributed by atoms with Crippen LogP contribution in [0.5, 0.6) is 11.5 Å². The van der Waals surface area contributed by atoms with Gasteiger partial charge in [-0.25, -0.2) is 9.59 Å². The van der Waals surface area contributed by atoms with Crippen molar-refractivity contribution in [2.24, 2.45) is 0 Å². The van der Waals surface area contributed by atoms with E-state index in [0.717, 1.165) is 57.3 Å². The summed E-state index contributed by atoms with van der Waals surface area (Å²) in [5.74, 6) is 0.818. The predicted molar refractivity (Wildman–Crippen MR) is 139 cm³/mol. The van der Waals surface area contributed by atoms with Crippen LogP contribution >= 0.6 is 0 Å². The minimum atomic E-state index is -0.311. The fraction of sp³-hybridized carbons (Fsp3) is 0.679. The Labute approximate surface area is 220 Å². The second kappa shape index (κ2) is 12.6. The highest BCUT2D eigenvalue weighted by Gasteiger charge is 2.39. The van der Waals surface area contributed by atoms with Crippen LogP contribution in [-0.2, 0) is 9.53 Å². The highest BCUT2D eigenvalue weighted by Crippen LogP contribution is 2.41. The largest absolute Gasteiger partial charge is 0.497 e. The summed E-state index contributed by atoms with van der Waals surface area (Å²) >= 11 is 0. The zero-order chi connectivity index (χ0) is 26.4. The van der Waals surface area contributed by atoms with Gasteiger partial charge in [0.05, 0.1) is 14.2 Å². The summed E-state index contributed by atoms with van der Waals surface area (Å²) in [6, 6.07) is 3.53. The number of amides is 3. The van der Waals surface area contributed by atoms with Gasteiger partial charge < -0.3 is 24.0 Å². The summed E-state index contributed by atoms with van der Waals surface area (Å²) in [7, 11) is 4.85. The predicted octanol–water partition coefficient (Wildman–Crippen LogP) is 4.39. The second-order valence-electron chi connectivity index (χ2n) is 10.4. The standard InChI is InChI=1S/C28H41N3O6/c1-29-19-25(32)31(28(29)34)20-12-15-30(16-13-20)14-10-8-6-4-5-7-9-11-23-22-17-21(35-2)18-24(36-3)26(22)27(33)37-23/h17-18,20,23H,4-16,19H2,1-3H3/t23-/m1/s1. The van der Waals surface area contributed by atoms with Crippen LogP contribution in [0.1, 0.15) is 86.2 Å². The summed E-state index contributed by atoms with van der Waals surface area (Å²) in [6.45, 7) is 3.22. The lowest BCUT2D eigenvalue weighted by Gasteiger charge is -2.35. The van der Waals surface area contributed by atoms with Gasteiger partial charge in [-0.2, -0.15) is 0 Å². The summed E-state index contributed by atoms with van der Waals surface area (Å²) in [4.78, 5) is 42.1. The van der Waals surface area contributed by atoms with Crippen molar-refractivity contribution in [2.45, 2.75) is 76.4 Å². The Balaban J connectivity index is 1.05. The molecule has 0 unspecified atom stereocenters. The molecule has 0 spiro atoms. The van der Waals surface area contributed by atoms with Crippen LogP contribution in [0, 0.1) is 0 Å². The average Bonchev–Trinajstić information content (AvgIpc) is 3.36. The van der Waals surface area contributed by atoms with Crippen LogP contribution in [0.2, 0.25) is 0 Å². The number of esters is 1. The van der Waals surface area contributed by atoms with E-state index in [4.69, 9.17) is 14.2 Å². The SMILES string of the molecule is COc1cc(OC)c2c(c1)[C@@H](CCCCCCCCCN1CCC(N3C(=O)CN(C)C3=O)CC1)OC2=O. The zero-order valence-electron chi connectivity index (χ0n) is 22.5. The third kappa shape index (κ3) is 6.37. The number of hydrogen-bond acceptors (Lipinski definition) is 7. The van der Waals surface area contributed by atoms with Crippen molar-refractivity contribution >= 4 is 17.9 Å². The smallest absolute Gasteiger partial charge is 0.342 e. The maximum Gasteiger partial charge on any atom is 0.342 e. The number of ether oxygens (including phenoxy) is 3. The van der Waals surface area contributed by atoms with E-state index < -0.39 is 0 Å². The van der Waals surface area contributed by atoms with E-state index in [1.807, 2.05) is 6.07 Å². The van der Waals surface area contributed by atoms with E-state index in [1.165, 1.54) is 41.9 Å². The van der Waals surface area contributed by atoms with Crippen LogP contribution in [0.25, 0.3) is 0 Å². The molecule has 3 aliphatic heterocycles. The van der Waals surface area contributed by atoms with Gasteiger partial charge in [-0.3, -0.25) is 9.69 Å². The van der Waals surface area contributed by atoms with Crippen molar-refractivity contribution in [3.8, 4) is 11.5 Å². The van der Waals surface area contributed by atoms with Crippen molar-refractivity contribution in [2.75, 3.05) is 47.4 Å². The molecule has 204 valence electrons. The van der Waals surface area contributed by atoms with Gasteiger partial charge in [0, 0.05) is 37.8 Å². The molecule has 0 radical (unpaired) electrons. The lowest BCUT2D eigenvalue weighted by molar-refractivity contribution is -0.127. The number of hydrogen-bond donors (Lipinski definition) is 0. The normalized spacial score (nSPS) is 20.5. The maximum atomic E-state index is 12.3. The van der Waals surface area contributed by atoms with Gasteiger partial charge in [-0.05, 0) is 44.7 Å². The number of unbranched alkanes of at least 4 members (excludes halogenated alkanes) is 6. The number of carbonyl (C=O) groups excluding carboxylic acids is 3. The quantitative estimate of drug-likeness (QED) is 0.219. The Bertz CT molecular complexity index is 975. The molecular weight excluding hydrogens is 474 g/mol. The fourth-order valence-corrected chi connectivity index (χ4v) is 5.78. The van der Waals surface area contributed by atoms with Crippen LogP contribution in [0.4, 0.5) is 4.79 Å². The van der Waals surface area contributed by atoms with Crippen molar-refractivity contribution < 1.29 is 28.6 Å². The van der Waals surface area contributed by atoms with E-state index in [-0.39, 0.29) is 36.6 Å². The zero-order valence-corrected chi connectivity index (χ0v) is 22.5. The van der Waals surface area contributed by atoms with Crippen LogP contribution < -0.4 is 9.47 Å². The average molecular weight is 516 g/mol. The van der Waals surface area contributed by atoms with Gasteiger partial charge in [0.25, 0.3) is 5.91 Å². The Morgan fingerprint density at radius 3 is 2.22 bits per heavy atom. The first-order chi connectivity index (χ1) is 17.9. The van der Waals surface area contributed by atoms with Gasteiger partial charge in [0.1, 0.15) is 29.7 Å². The van der Waals surface area contributed by atoms with Gasteiger partial charge in [0.15, 0.2) is 0 Å². The van der Waals surface area contributed by atoms with Crippen molar-refractivity contribution in [3.05, 3.63) is 23.3 Å². The molecule has 9 nitrogen and oxygen atoms in total. The maximum absolute atomic E-state index is 12.3. The highest BCUT2D eigenvalue weighted by molar-refractivity contribution is 6.02. The Morgan fingerprint density at radius 2 is 1.59 bits per heavy atom. The fourth-order valence-electron chi connectivity index (χ4n) is 5.78. The Morgan fingerprint density at radius 1 is 0.919 bits per heavy atom. The van der Waals surface area contributed by atoms with E-state index in [2.05, 4.69) is 4.90 Å². The van der Waals surface area contributed by atoms with E-state index in [1.54, 1.807) is 27.3 Å². The van der Waals surface area contributed by atoms with Gasteiger partial charge in [-0.1, -0.05) is 32.1 Å². The minimum absolute atomic E-state index is 0.0551. The number of fused-ring (bicyclic) bond motifs is 1. The summed E-state index contributed by atoms with van der Waals surface area (Å²) in [6.07, 6.45) is 10.5. The van der Waals surface area contributed by atoms with E-state index >= 15 is 0 Å². The molecule has 9 heteroatoms. The number of imide groups is 1. The number of cyclic esters (lactones) is 1. The number of carbonyl (C=O) groups is 3. The number of benzene rings is 1. The van der Waals surface area contributed by atoms with Gasteiger partial charge in [-0.15, -0.1) is 0 Å². The highest BCUT2D eigenvalue weighted by atomic mass is 16.6. The van der Waals surface area contributed by atoms with E-state index in [9.17, 15) is 14.4 Å². The van der Waals surface area contributed by atoms with Crippen LogP contribution in [0.3, 0.4) is 0 Å². The van der Waals surface area contributed by atoms with Crippen molar-refractivity contribution in [3.63, 3.8) is 0 Å². The first-order valence-corrected chi connectivity index (χ1v) is 13.7. The molecule has 3 aliphatic rings. The number of likely N-dealkylation sites (N-methyl/N-ethyl adjacent to an activating group) is 1. The third-order valence-electron chi connectivity index (χ3n) is 7.90. The lowest BCUT2D eigenvalue weighted by atomic mass is 9.98. The molecule has 2 fully saturated rings. The summed E-state index contributed by atoms with van der Waals surface area (Å²) in [5, 5.41) is 0. The molecule has 4 rings (SSSR count). The number of rotatable bonds is 13. The number of likely N-dealkylation sites (tertiary alicyclic amines) is 1. The third-order valence-corrected chi connectivity index (χ3v) is 7.90. The Kier molecular flexibility index (Phi) is 9.29. The molecule has 0 aliphatic carbocycles. The number of piperidine rings is 1. The molecule has 2 saturated heterocycles. The second-order valence-corrected chi connectivity index (χ2v) is 10.4. The molecule has 0 saturated carbocycles. The minimum Gasteiger partial charge on any atom is -0.497 e. The monoisotopic (exact) mass is 515 g/mol. The molecule has 1 aromatic carbocycles. The lowest BCUT2D eigenvalue weighted by Crippen LogP contribution is -2.47. The molecule has 1 aromatic rings. The number of urea groups is 1. The summed E-state index contributed by atoms with van der Waals surface area (Å²) in [5.41, 5.74) is 1.40. The van der Waals surface area contributed by atoms with Crippen molar-refractivity contribution in [1.29, 1.82) is 0 Å². The number of methoxy groups -OCH3 is 2. The van der Waals surface area contributed by atoms with E-state index in [0.29, 0.717) is 17.1 Å². The Hall–Kier alpha value is -2.81. The molecule has 0 aromatic heterocycles. The van der Waals surface area contributed by atoms with Gasteiger partial charge in [0.2, 0.25) is 0 Å². The molecule has 3 amide bonds. The molecule has 3 heterocycles. The molecule has 0 bridgehead atoms. The molecular formula is C28H41N3O6. The molecule has 37 heavy (non-hydrogen) atoms. The van der Waals surface area contributed by atoms with Gasteiger partial charge >= 0.3 is 12.0 Å². The van der Waals surface area contributed by atoms with Crippen LogP contribution in [-0.4, -0.2) is 86.1 Å². The van der Waals surface area contributed by atoms with Crippen molar-refractivity contribution in [1.82, 2.24) is 14.7 Å². The topological polar surface area (TPSA) is 88.6 Å².